The molecule has 0 saturated carbocycles. The third-order valence-electron chi connectivity index (χ3n) is 0.301. The fourth-order valence-electron chi connectivity index (χ4n) is 0. The maximum absolute atomic E-state index is 11.3. The zero-order valence-electron chi connectivity index (χ0n) is 3.21. The van der Waals surface area contributed by atoms with Crippen molar-refractivity contribution in [3.63, 3.8) is 0 Å². The summed E-state index contributed by atoms with van der Waals surface area (Å²) >= 11 is 4.49. The second-order valence-electron chi connectivity index (χ2n) is 0.906. The van der Waals surface area contributed by atoms with Crippen LogP contribution in [-0.4, -0.2) is 6.17 Å². The van der Waals surface area contributed by atoms with Crippen molar-refractivity contribution < 1.29 is 8.78 Å². The molecule has 0 aliphatic rings. The number of hydrogen-bond donors (Lipinski definition) is 0. The molecule has 0 aromatic heterocycles. The zero-order valence-corrected chi connectivity index (χ0v) is 3.97. The molecule has 0 N–H and O–H groups in total. The van der Waals surface area contributed by atoms with Gasteiger partial charge < -0.3 is 0 Å². The van der Waals surface area contributed by atoms with E-state index in [4.69, 9.17) is 0 Å². The minimum Gasteiger partial charge on any atom is -0.243 e. The first-order valence-electron chi connectivity index (χ1n) is 1.46. The fourth-order valence-corrected chi connectivity index (χ4v) is 0. The average molecular weight is 114 g/mol. The molecule has 0 bridgehead atoms. The molecule has 0 aliphatic carbocycles. The van der Waals surface area contributed by atoms with Crippen molar-refractivity contribution in [2.24, 2.45) is 0 Å². The van der Waals surface area contributed by atoms with Crippen molar-refractivity contribution in [2.75, 3.05) is 0 Å². The van der Waals surface area contributed by atoms with Crippen molar-refractivity contribution in [3.8, 4) is 0 Å². The maximum Gasteiger partial charge on any atom is 0.264 e. The smallest absolute Gasteiger partial charge is 0.243 e. The van der Waals surface area contributed by atoms with Crippen LogP contribution in [0.3, 0.4) is 0 Å². The Hall–Kier alpha value is 0.150. The molecule has 0 amide bonds. The molecular formula is C3H4ClF2. The summed E-state index contributed by atoms with van der Waals surface area (Å²) in [6.45, 7) is 1.03. The van der Waals surface area contributed by atoms with Gasteiger partial charge in [-0.15, -0.1) is 0 Å². The third-order valence-corrected chi connectivity index (χ3v) is 0.601. The number of alkyl halides is 1. The molecule has 1 radical (unpaired) electrons. The number of rotatable bonds is 1. The summed E-state index contributed by atoms with van der Waals surface area (Å²) in [5.74, 6) is 0. The van der Waals surface area contributed by atoms with Gasteiger partial charge in [-0.3, -0.25) is 0 Å². The first kappa shape index (κ1) is 6.15. The van der Waals surface area contributed by atoms with Gasteiger partial charge in [-0.05, 0) is 6.92 Å². The van der Waals surface area contributed by atoms with Gasteiger partial charge in [0.1, 0.15) is 6.17 Å². The lowest BCUT2D eigenvalue weighted by Gasteiger charge is -1.92. The van der Waals surface area contributed by atoms with Crippen LogP contribution >= 0.6 is 11.6 Å². The minimum atomic E-state index is -1.63. The topological polar surface area (TPSA) is 0 Å². The van der Waals surface area contributed by atoms with Crippen molar-refractivity contribution in [1.82, 2.24) is 0 Å². The van der Waals surface area contributed by atoms with Gasteiger partial charge in [-0.1, -0.05) is 11.6 Å². The molecule has 6 heavy (non-hydrogen) atoms. The molecule has 1 atom stereocenters. The van der Waals surface area contributed by atoms with Crippen molar-refractivity contribution in [2.45, 2.75) is 13.1 Å². The van der Waals surface area contributed by atoms with E-state index in [0.717, 1.165) is 6.92 Å². The van der Waals surface area contributed by atoms with Gasteiger partial charge in [0.25, 0.3) is 5.63 Å². The Morgan fingerprint density at radius 2 is 2.00 bits per heavy atom. The van der Waals surface area contributed by atoms with Crippen LogP contribution in [0.15, 0.2) is 0 Å². The van der Waals surface area contributed by atoms with Gasteiger partial charge in [-0.2, -0.15) is 0 Å². The van der Waals surface area contributed by atoms with Gasteiger partial charge in [0.05, 0.1) is 0 Å². The van der Waals surface area contributed by atoms with Gasteiger partial charge in [0.2, 0.25) is 0 Å². The van der Waals surface area contributed by atoms with Crippen LogP contribution in [0.5, 0.6) is 0 Å². The maximum atomic E-state index is 11.3. The van der Waals surface area contributed by atoms with Crippen LogP contribution in [0.25, 0.3) is 0 Å². The fraction of sp³-hybridized carbons (Fsp3) is 0.667. The summed E-state index contributed by atoms with van der Waals surface area (Å²) in [4.78, 5) is 0. The van der Waals surface area contributed by atoms with Crippen LogP contribution in [-0.2, 0) is 0 Å². The van der Waals surface area contributed by atoms with E-state index in [-0.39, 0.29) is 0 Å². The lowest BCUT2D eigenvalue weighted by atomic mass is 10.5. The standard InChI is InChI=1S/C3H4ClF2/c1-2(5)3(4)6/h2H,1H3. The lowest BCUT2D eigenvalue weighted by molar-refractivity contribution is 0.322. The molecule has 0 fully saturated rings. The van der Waals surface area contributed by atoms with Gasteiger partial charge in [-0.25, -0.2) is 8.78 Å². The highest BCUT2D eigenvalue weighted by molar-refractivity contribution is 6.26. The number of halogens is 3. The largest absolute Gasteiger partial charge is 0.264 e. The summed E-state index contributed by atoms with van der Waals surface area (Å²) in [6, 6.07) is 0. The van der Waals surface area contributed by atoms with Crippen LogP contribution in [0, 0.1) is 5.63 Å². The van der Waals surface area contributed by atoms with E-state index >= 15 is 0 Å². The molecule has 37 valence electrons. The second-order valence-corrected chi connectivity index (χ2v) is 1.27. The predicted octanol–water partition coefficient (Wildman–Crippen LogP) is 2.04. The molecule has 0 saturated heterocycles. The van der Waals surface area contributed by atoms with Crippen LogP contribution < -0.4 is 0 Å². The molecular weight excluding hydrogens is 109 g/mol. The Kier molecular flexibility index (Phi) is 2.40. The van der Waals surface area contributed by atoms with Crippen molar-refractivity contribution >= 4 is 11.6 Å². The lowest BCUT2D eigenvalue weighted by Crippen LogP contribution is -1.93. The SMILES string of the molecule is CC(F)[C](F)Cl. The van der Waals surface area contributed by atoms with E-state index in [1.165, 1.54) is 0 Å². The highest BCUT2D eigenvalue weighted by Crippen LogP contribution is 2.14. The monoisotopic (exact) mass is 113 g/mol. The summed E-state index contributed by atoms with van der Waals surface area (Å²) in [7, 11) is 0. The Morgan fingerprint density at radius 3 is 2.00 bits per heavy atom. The quantitative estimate of drug-likeness (QED) is 0.488. The highest BCUT2D eigenvalue weighted by atomic mass is 35.5. The Balaban J connectivity index is 2.99. The van der Waals surface area contributed by atoms with Crippen LogP contribution in [0.4, 0.5) is 8.78 Å². The predicted molar refractivity (Wildman–Crippen MR) is 20.8 cm³/mol. The molecule has 0 spiro atoms. The van der Waals surface area contributed by atoms with Crippen LogP contribution in [0.2, 0.25) is 0 Å². The summed E-state index contributed by atoms with van der Waals surface area (Å²) in [5, 5.41) is 0. The Bertz CT molecular complexity index is 29.8. The van der Waals surface area contributed by atoms with E-state index in [0.29, 0.717) is 0 Å². The van der Waals surface area contributed by atoms with E-state index in [2.05, 4.69) is 11.6 Å². The number of hydrogen-bond acceptors (Lipinski definition) is 0. The van der Waals surface area contributed by atoms with Crippen molar-refractivity contribution in [3.05, 3.63) is 5.63 Å². The van der Waals surface area contributed by atoms with E-state index < -0.39 is 11.8 Å². The van der Waals surface area contributed by atoms with Gasteiger partial charge >= 0.3 is 0 Å². The summed E-state index contributed by atoms with van der Waals surface area (Å²) in [5.41, 5.74) is -1.19. The van der Waals surface area contributed by atoms with Crippen molar-refractivity contribution in [1.29, 1.82) is 0 Å². The molecule has 1 unspecified atom stereocenters. The molecule has 0 nitrogen and oxygen atoms in total. The second kappa shape index (κ2) is 2.35. The first-order chi connectivity index (χ1) is 2.64. The van der Waals surface area contributed by atoms with E-state index in [1.54, 1.807) is 0 Å². The van der Waals surface area contributed by atoms with E-state index in [1.807, 2.05) is 0 Å². The van der Waals surface area contributed by atoms with Gasteiger partial charge in [0.15, 0.2) is 0 Å². The minimum absolute atomic E-state index is 1.03. The Labute approximate surface area is 40.1 Å². The highest BCUT2D eigenvalue weighted by Gasteiger charge is 2.10. The molecule has 0 heterocycles. The summed E-state index contributed by atoms with van der Waals surface area (Å²) in [6.07, 6.45) is -1.63. The molecule has 0 aliphatic heterocycles. The first-order valence-corrected chi connectivity index (χ1v) is 1.84. The molecule has 3 heteroatoms. The van der Waals surface area contributed by atoms with E-state index in [9.17, 15) is 8.78 Å². The molecule has 0 rings (SSSR count). The van der Waals surface area contributed by atoms with Crippen LogP contribution in [0.1, 0.15) is 6.92 Å². The average Bonchev–Trinajstić information content (AvgIpc) is 1.36. The third kappa shape index (κ3) is 2.39. The zero-order chi connectivity index (χ0) is 5.15. The van der Waals surface area contributed by atoms with Gasteiger partial charge in [0, 0.05) is 0 Å². The Morgan fingerprint density at radius 1 is 1.83 bits per heavy atom. The molecule has 0 aromatic carbocycles. The molecule has 0 aromatic rings. The normalized spacial score (nSPS) is 15.5. The summed E-state index contributed by atoms with van der Waals surface area (Å²) < 4.78 is 22.4.